The van der Waals surface area contributed by atoms with Crippen molar-refractivity contribution < 1.29 is 27.7 Å². The first-order chi connectivity index (χ1) is 13.1. The number of nitrogens with one attached hydrogen (secondary N) is 3. The van der Waals surface area contributed by atoms with Gasteiger partial charge in [-0.05, 0) is 32.3 Å². The molecule has 1 aromatic heterocycles. The molecule has 0 spiro atoms. The largest absolute Gasteiger partial charge is 0.419 e. The second kappa shape index (κ2) is 9.45. The topological polar surface area (TPSA) is 75.6 Å². The molecule has 0 radical (unpaired) electrons. The van der Waals surface area contributed by atoms with Crippen LogP contribution in [-0.2, 0) is 15.8 Å². The van der Waals surface area contributed by atoms with Crippen molar-refractivity contribution in [3.8, 4) is 0 Å². The fourth-order valence-corrected chi connectivity index (χ4v) is 3.32. The summed E-state index contributed by atoms with van der Waals surface area (Å²) in [6.07, 6.45) is -1.74. The number of carbonyl (C=O) groups excluding carboxylic acids is 2. The predicted molar refractivity (Wildman–Crippen MR) is 98.9 cm³/mol. The van der Waals surface area contributed by atoms with E-state index in [-0.39, 0.29) is 22.8 Å². The van der Waals surface area contributed by atoms with E-state index in [0.29, 0.717) is 38.3 Å². The van der Waals surface area contributed by atoms with Crippen molar-refractivity contribution in [1.29, 1.82) is 0 Å². The maximum atomic E-state index is 12.7. The zero-order valence-corrected chi connectivity index (χ0v) is 16.6. The fourth-order valence-electron chi connectivity index (χ4n) is 3.03. The number of halogens is 4. The quantitative estimate of drug-likeness (QED) is 0.740. The number of hydrogen-bond donors (Lipinski definition) is 2. The summed E-state index contributed by atoms with van der Waals surface area (Å²) in [6.45, 7) is 5.07. The van der Waals surface area contributed by atoms with Gasteiger partial charge in [0.2, 0.25) is 11.8 Å². The molecule has 10 heteroatoms. The van der Waals surface area contributed by atoms with Crippen LogP contribution >= 0.6 is 11.6 Å². The number of nitrogens with zero attached hydrogens (tertiary/aromatic N) is 1. The highest BCUT2D eigenvalue weighted by Gasteiger charge is 2.35. The van der Waals surface area contributed by atoms with Gasteiger partial charge in [-0.2, -0.15) is 13.2 Å². The number of aromatic amines is 1. The number of aromatic nitrogens is 1. The van der Waals surface area contributed by atoms with Crippen molar-refractivity contribution in [3.63, 3.8) is 0 Å². The zero-order chi connectivity index (χ0) is 20.9. The molecule has 0 aliphatic carbocycles. The van der Waals surface area contributed by atoms with Crippen molar-refractivity contribution in [1.82, 2.24) is 10.6 Å². The molecule has 156 valence electrons. The molecule has 0 unspecified atom stereocenters. The van der Waals surface area contributed by atoms with Gasteiger partial charge in [0, 0.05) is 12.5 Å². The Morgan fingerprint density at radius 1 is 1.36 bits per heavy atom. The second-order valence-electron chi connectivity index (χ2n) is 6.87. The predicted octanol–water partition coefficient (Wildman–Crippen LogP) is 2.42. The first kappa shape index (κ1) is 22.3. The van der Waals surface area contributed by atoms with Crippen LogP contribution in [0.3, 0.4) is 0 Å². The van der Waals surface area contributed by atoms with Gasteiger partial charge in [0.25, 0.3) is 5.82 Å². The summed E-state index contributed by atoms with van der Waals surface area (Å²) >= 11 is 6.02. The second-order valence-corrected chi connectivity index (χ2v) is 7.27. The first-order valence-corrected chi connectivity index (χ1v) is 9.62. The van der Waals surface area contributed by atoms with Crippen LogP contribution in [0.1, 0.15) is 38.7 Å². The van der Waals surface area contributed by atoms with Crippen LogP contribution in [0, 0.1) is 5.92 Å². The van der Waals surface area contributed by atoms with E-state index < -0.39 is 17.8 Å². The number of piperidine rings is 1. The molecule has 0 bridgehead atoms. The molecule has 1 aromatic rings. The van der Waals surface area contributed by atoms with Crippen molar-refractivity contribution in [3.05, 3.63) is 22.8 Å². The Morgan fingerprint density at radius 2 is 2.00 bits per heavy atom. The van der Waals surface area contributed by atoms with E-state index in [0.717, 1.165) is 18.7 Å². The molecule has 2 rings (SSSR count). The minimum atomic E-state index is -4.47. The highest BCUT2D eigenvalue weighted by atomic mass is 35.5. The van der Waals surface area contributed by atoms with E-state index >= 15 is 0 Å². The lowest BCUT2D eigenvalue weighted by Gasteiger charge is -2.28. The van der Waals surface area contributed by atoms with Crippen molar-refractivity contribution in [2.45, 2.75) is 45.3 Å². The summed E-state index contributed by atoms with van der Waals surface area (Å²) in [6, 6.07) is 0.276. The highest BCUT2D eigenvalue weighted by molar-refractivity contribution is 6.32. The molecule has 6 nitrogen and oxygen atoms in total. The molecule has 1 atom stereocenters. The standard InChI is InChI=1S/C18H24ClF3N4O2/c1-3-6-23-16(27)11(2)25-17(28)12-4-7-26(8-5-12)15-14(19)9-13(10-24-15)18(20,21)22/h9-12H,3-8H2,1-2H3,(H,23,27)(H,25,28)/p+1/t11-/m0/s1. The van der Waals surface area contributed by atoms with Gasteiger partial charge >= 0.3 is 6.18 Å². The maximum absolute atomic E-state index is 12.7. The van der Waals surface area contributed by atoms with Crippen molar-refractivity contribution in [2.24, 2.45) is 5.92 Å². The minimum Gasteiger partial charge on any atom is -0.354 e. The molecule has 1 aliphatic rings. The molecular formula is C18H25ClF3N4O2+. The average molecular weight is 422 g/mol. The Hall–Kier alpha value is -2.03. The summed E-state index contributed by atoms with van der Waals surface area (Å²) in [4.78, 5) is 28.7. The molecular weight excluding hydrogens is 397 g/mol. The maximum Gasteiger partial charge on any atom is 0.419 e. The Balaban J connectivity index is 1.90. The smallest absolute Gasteiger partial charge is 0.354 e. The lowest BCUT2D eigenvalue weighted by atomic mass is 9.95. The summed E-state index contributed by atoms with van der Waals surface area (Å²) < 4.78 is 38.2. The summed E-state index contributed by atoms with van der Waals surface area (Å²) in [5.41, 5.74) is -0.842. The molecule has 28 heavy (non-hydrogen) atoms. The van der Waals surface area contributed by atoms with Crippen LogP contribution in [0.25, 0.3) is 0 Å². The van der Waals surface area contributed by atoms with E-state index in [1.54, 1.807) is 6.92 Å². The molecule has 0 aromatic carbocycles. The minimum absolute atomic E-state index is 0.0149. The van der Waals surface area contributed by atoms with E-state index in [2.05, 4.69) is 15.6 Å². The Labute approximate surface area is 166 Å². The molecule has 3 N–H and O–H groups in total. The molecule has 1 saturated heterocycles. The van der Waals surface area contributed by atoms with Crippen LogP contribution in [0.15, 0.2) is 12.3 Å². The van der Waals surface area contributed by atoms with Gasteiger partial charge in [-0.15, -0.1) is 0 Å². The molecule has 2 heterocycles. The van der Waals surface area contributed by atoms with Gasteiger partial charge in [0.05, 0.1) is 18.7 Å². The molecule has 0 saturated carbocycles. The van der Waals surface area contributed by atoms with Crippen LogP contribution in [-0.4, -0.2) is 37.5 Å². The Morgan fingerprint density at radius 3 is 2.54 bits per heavy atom. The van der Waals surface area contributed by atoms with E-state index in [1.807, 2.05) is 11.8 Å². The van der Waals surface area contributed by atoms with Gasteiger partial charge < -0.3 is 10.6 Å². The number of anilines is 1. The van der Waals surface area contributed by atoms with Crippen LogP contribution in [0.5, 0.6) is 0 Å². The third kappa shape index (κ3) is 5.73. The van der Waals surface area contributed by atoms with E-state index in [9.17, 15) is 22.8 Å². The normalized spacial score (nSPS) is 16.6. The highest BCUT2D eigenvalue weighted by Crippen LogP contribution is 2.33. The number of alkyl halides is 3. The van der Waals surface area contributed by atoms with Crippen molar-refractivity contribution >= 4 is 29.2 Å². The SMILES string of the molecule is CCCNC(=O)[C@H](C)NC(=O)C1CCN(c2[nH+]cc(C(F)(F)F)cc2Cl)CC1. The van der Waals surface area contributed by atoms with E-state index in [4.69, 9.17) is 11.6 Å². The summed E-state index contributed by atoms with van der Waals surface area (Å²) in [5.74, 6) is -0.271. The third-order valence-electron chi connectivity index (χ3n) is 4.68. The molecule has 1 fully saturated rings. The van der Waals surface area contributed by atoms with Gasteiger partial charge in [-0.3, -0.25) is 14.5 Å². The number of carbonyl (C=O) groups is 2. The lowest BCUT2D eigenvalue weighted by Crippen LogP contribution is -2.49. The van der Waals surface area contributed by atoms with Gasteiger partial charge in [-0.25, -0.2) is 4.98 Å². The van der Waals surface area contributed by atoms with Gasteiger partial charge in [-0.1, -0.05) is 18.5 Å². The Bertz CT molecular complexity index is 707. The summed E-state index contributed by atoms with van der Waals surface area (Å²) in [7, 11) is 0. The van der Waals surface area contributed by atoms with Crippen LogP contribution in [0.2, 0.25) is 5.02 Å². The number of pyridine rings is 1. The van der Waals surface area contributed by atoms with Gasteiger partial charge in [0.15, 0.2) is 0 Å². The monoisotopic (exact) mass is 421 g/mol. The number of hydrogen-bond acceptors (Lipinski definition) is 3. The number of amides is 2. The van der Waals surface area contributed by atoms with Gasteiger partial charge in [0.1, 0.15) is 17.3 Å². The molecule has 1 aliphatic heterocycles. The average Bonchev–Trinajstić information content (AvgIpc) is 2.65. The number of rotatable bonds is 6. The fraction of sp³-hybridized carbons (Fsp3) is 0.611. The summed E-state index contributed by atoms with van der Waals surface area (Å²) in [5, 5.41) is 5.43. The first-order valence-electron chi connectivity index (χ1n) is 9.25. The van der Waals surface area contributed by atoms with Crippen LogP contribution in [0.4, 0.5) is 19.0 Å². The van der Waals surface area contributed by atoms with Crippen molar-refractivity contribution in [2.75, 3.05) is 24.5 Å². The number of H-pyrrole nitrogens is 1. The lowest BCUT2D eigenvalue weighted by molar-refractivity contribution is -0.367. The van der Waals surface area contributed by atoms with Crippen LogP contribution < -0.4 is 20.5 Å². The zero-order valence-electron chi connectivity index (χ0n) is 15.8. The third-order valence-corrected chi connectivity index (χ3v) is 4.97. The van der Waals surface area contributed by atoms with E-state index in [1.165, 1.54) is 0 Å². The Kier molecular flexibility index (Phi) is 7.51. The molecule has 2 amide bonds.